The molecular weight excluding hydrogens is 302 g/mol. The molecular formula is C19H23N3O2. The van der Waals surface area contributed by atoms with Gasteiger partial charge in [0.25, 0.3) is 5.91 Å². The van der Waals surface area contributed by atoms with Crippen molar-refractivity contribution in [3.63, 3.8) is 0 Å². The van der Waals surface area contributed by atoms with Crippen molar-refractivity contribution in [2.75, 3.05) is 5.32 Å². The molecule has 2 rings (SSSR count). The van der Waals surface area contributed by atoms with Gasteiger partial charge in [-0.25, -0.2) is 4.68 Å². The highest BCUT2D eigenvalue weighted by Gasteiger charge is 2.17. The third-order valence-electron chi connectivity index (χ3n) is 3.85. The molecule has 0 aliphatic rings. The van der Waals surface area contributed by atoms with Gasteiger partial charge in [-0.15, -0.1) is 0 Å². The van der Waals surface area contributed by atoms with Crippen LogP contribution >= 0.6 is 0 Å². The van der Waals surface area contributed by atoms with Gasteiger partial charge in [0.2, 0.25) is 5.91 Å². The van der Waals surface area contributed by atoms with Crippen molar-refractivity contribution in [2.24, 2.45) is 0 Å². The Kier molecular flexibility index (Phi) is 5.34. The molecule has 1 N–H and O–H groups in total. The summed E-state index contributed by atoms with van der Waals surface area (Å²) >= 11 is 0. The molecule has 0 bridgehead atoms. The molecule has 1 amide bonds. The predicted molar refractivity (Wildman–Crippen MR) is 95.3 cm³/mol. The van der Waals surface area contributed by atoms with Crippen molar-refractivity contribution in [1.29, 1.82) is 0 Å². The Balaban J connectivity index is 2.26. The number of hydrogen-bond donors (Lipinski definition) is 1. The molecule has 1 aromatic heterocycles. The second-order valence-electron chi connectivity index (χ2n) is 5.98. The van der Waals surface area contributed by atoms with Crippen LogP contribution in [-0.2, 0) is 11.2 Å². The summed E-state index contributed by atoms with van der Waals surface area (Å²) in [6.45, 7) is 11.5. The fourth-order valence-electron chi connectivity index (χ4n) is 2.50. The van der Waals surface area contributed by atoms with Crippen molar-refractivity contribution in [3.8, 4) is 0 Å². The quantitative estimate of drug-likeness (QED) is 0.853. The number of rotatable bonds is 5. The lowest BCUT2D eigenvalue weighted by Gasteiger charge is -2.07. The smallest absolute Gasteiger partial charge is 0.278 e. The maximum atomic E-state index is 12.7. The molecule has 1 aromatic carbocycles. The average molecular weight is 325 g/mol. The molecule has 0 saturated carbocycles. The zero-order valence-corrected chi connectivity index (χ0v) is 14.6. The van der Waals surface area contributed by atoms with Gasteiger partial charge < -0.3 is 5.32 Å². The van der Waals surface area contributed by atoms with E-state index in [1.807, 2.05) is 20.8 Å². The third kappa shape index (κ3) is 3.79. The molecule has 1 heterocycles. The number of nitrogens with one attached hydrogen (secondary N) is 1. The van der Waals surface area contributed by atoms with Gasteiger partial charge in [0.05, 0.1) is 5.69 Å². The van der Waals surface area contributed by atoms with Crippen LogP contribution in [0.25, 0.3) is 0 Å². The van der Waals surface area contributed by atoms with Gasteiger partial charge in [-0.3, -0.25) is 9.59 Å². The van der Waals surface area contributed by atoms with Gasteiger partial charge in [-0.2, -0.15) is 5.10 Å². The minimum atomic E-state index is -0.183. The van der Waals surface area contributed by atoms with E-state index in [4.69, 9.17) is 0 Å². The summed E-state index contributed by atoms with van der Waals surface area (Å²) in [6, 6.07) is 6.84. The van der Waals surface area contributed by atoms with Crippen LogP contribution < -0.4 is 5.32 Å². The van der Waals surface area contributed by atoms with Crippen LogP contribution in [0.1, 0.15) is 47.6 Å². The van der Waals surface area contributed by atoms with E-state index in [1.54, 1.807) is 31.2 Å². The van der Waals surface area contributed by atoms with E-state index >= 15 is 0 Å². The van der Waals surface area contributed by atoms with Crippen molar-refractivity contribution < 1.29 is 9.59 Å². The van der Waals surface area contributed by atoms with Gasteiger partial charge in [-0.05, 0) is 51.5 Å². The summed E-state index contributed by atoms with van der Waals surface area (Å²) in [5.41, 5.74) is 4.96. The minimum absolute atomic E-state index is 0.0583. The van der Waals surface area contributed by atoms with E-state index in [0.717, 1.165) is 22.5 Å². The van der Waals surface area contributed by atoms with Crippen LogP contribution in [0.2, 0.25) is 0 Å². The monoisotopic (exact) mass is 325 g/mol. The Morgan fingerprint density at radius 1 is 1.21 bits per heavy atom. The third-order valence-corrected chi connectivity index (χ3v) is 3.85. The first-order chi connectivity index (χ1) is 11.3. The summed E-state index contributed by atoms with van der Waals surface area (Å²) in [6.07, 6.45) is 1.13. The van der Waals surface area contributed by atoms with Crippen molar-refractivity contribution >= 4 is 17.5 Å². The fraction of sp³-hybridized carbons (Fsp3) is 0.316. The highest BCUT2D eigenvalue weighted by Crippen LogP contribution is 2.18. The topological polar surface area (TPSA) is 64.0 Å². The molecule has 0 unspecified atom stereocenters. The Morgan fingerprint density at radius 3 is 2.38 bits per heavy atom. The van der Waals surface area contributed by atoms with E-state index in [9.17, 15) is 9.59 Å². The molecule has 0 saturated heterocycles. The van der Waals surface area contributed by atoms with E-state index in [2.05, 4.69) is 17.0 Å². The molecule has 0 radical (unpaired) electrons. The number of aryl methyl sites for hydroxylation is 1. The number of benzene rings is 1. The highest BCUT2D eigenvalue weighted by molar-refractivity contribution is 5.97. The Morgan fingerprint density at radius 2 is 1.83 bits per heavy atom. The Hall–Kier alpha value is -2.69. The average Bonchev–Trinajstić information content (AvgIpc) is 2.82. The molecule has 0 aliphatic heterocycles. The lowest BCUT2D eigenvalue weighted by molar-refractivity contribution is -0.115. The number of amides is 1. The lowest BCUT2D eigenvalue weighted by Crippen LogP contribution is -2.16. The number of carbonyl (C=O) groups excluding carboxylic acids is 2. The molecule has 126 valence electrons. The largest absolute Gasteiger partial charge is 0.326 e. The number of aromatic nitrogens is 2. The van der Waals surface area contributed by atoms with Crippen molar-refractivity contribution in [3.05, 3.63) is 58.9 Å². The standard InChI is InChI=1S/C19H23N3O2/c1-6-18(23)20-16-9-7-15(8-10-16)19(24)22-14(5)17(11-12(2)3)13(4)21-22/h7-10H,2,6,11H2,1,3-5H3,(H,20,23). The molecule has 2 aromatic rings. The van der Waals surface area contributed by atoms with Gasteiger partial charge in [0.15, 0.2) is 0 Å². The molecule has 5 heteroatoms. The Labute approximate surface area is 142 Å². The SMILES string of the molecule is C=C(C)Cc1c(C)nn(C(=O)c2ccc(NC(=O)CC)cc2)c1C. The number of carbonyl (C=O) groups is 2. The second kappa shape index (κ2) is 7.25. The van der Waals surface area contributed by atoms with Gasteiger partial charge in [0, 0.05) is 28.9 Å². The van der Waals surface area contributed by atoms with Crippen LogP contribution in [-0.4, -0.2) is 21.6 Å². The van der Waals surface area contributed by atoms with Crippen molar-refractivity contribution in [2.45, 2.75) is 40.5 Å². The van der Waals surface area contributed by atoms with Crippen molar-refractivity contribution in [1.82, 2.24) is 9.78 Å². The molecule has 0 aliphatic carbocycles. The predicted octanol–water partition coefficient (Wildman–Crippen LogP) is 3.66. The number of allylic oxidation sites excluding steroid dienone is 1. The molecule has 0 fully saturated rings. The summed E-state index contributed by atoms with van der Waals surface area (Å²) in [5, 5.41) is 7.14. The normalized spacial score (nSPS) is 10.5. The molecule has 0 spiro atoms. The summed E-state index contributed by atoms with van der Waals surface area (Å²) in [5.74, 6) is -0.242. The highest BCUT2D eigenvalue weighted by atomic mass is 16.2. The number of hydrogen-bond acceptors (Lipinski definition) is 3. The van der Waals surface area contributed by atoms with Crippen LogP contribution in [0.5, 0.6) is 0 Å². The maximum absolute atomic E-state index is 12.7. The molecule has 0 atom stereocenters. The second-order valence-corrected chi connectivity index (χ2v) is 5.98. The van der Waals surface area contributed by atoms with Gasteiger partial charge in [0.1, 0.15) is 0 Å². The van der Waals surface area contributed by atoms with Gasteiger partial charge >= 0.3 is 0 Å². The lowest BCUT2D eigenvalue weighted by atomic mass is 10.1. The van der Waals surface area contributed by atoms with E-state index in [-0.39, 0.29) is 11.8 Å². The fourth-order valence-corrected chi connectivity index (χ4v) is 2.50. The Bertz CT molecular complexity index is 786. The number of anilines is 1. The maximum Gasteiger partial charge on any atom is 0.278 e. The first-order valence-corrected chi connectivity index (χ1v) is 7.97. The zero-order valence-electron chi connectivity index (χ0n) is 14.6. The van der Waals surface area contributed by atoms with Crippen LogP contribution in [0, 0.1) is 13.8 Å². The summed E-state index contributed by atoms with van der Waals surface area (Å²) < 4.78 is 1.44. The van der Waals surface area contributed by atoms with Crippen LogP contribution in [0.3, 0.4) is 0 Å². The van der Waals surface area contributed by atoms with Crippen LogP contribution in [0.15, 0.2) is 36.4 Å². The van der Waals surface area contributed by atoms with E-state index < -0.39 is 0 Å². The number of nitrogens with zero attached hydrogens (tertiary/aromatic N) is 2. The summed E-state index contributed by atoms with van der Waals surface area (Å²) in [4.78, 5) is 24.1. The van der Waals surface area contributed by atoms with E-state index in [0.29, 0.717) is 24.1 Å². The molecule has 24 heavy (non-hydrogen) atoms. The van der Waals surface area contributed by atoms with Gasteiger partial charge in [-0.1, -0.05) is 19.1 Å². The first-order valence-electron chi connectivity index (χ1n) is 7.97. The first kappa shape index (κ1) is 17.7. The van der Waals surface area contributed by atoms with E-state index in [1.165, 1.54) is 4.68 Å². The summed E-state index contributed by atoms with van der Waals surface area (Å²) in [7, 11) is 0. The minimum Gasteiger partial charge on any atom is -0.326 e. The van der Waals surface area contributed by atoms with Crippen LogP contribution in [0.4, 0.5) is 5.69 Å². The molecule has 5 nitrogen and oxygen atoms in total. The zero-order chi connectivity index (χ0) is 17.9.